The molecule has 1 aromatic carbocycles. The summed E-state index contributed by atoms with van der Waals surface area (Å²) in [6.07, 6.45) is 4.32. The van der Waals surface area contributed by atoms with Gasteiger partial charge in [0.25, 0.3) is 0 Å². The minimum absolute atomic E-state index is 0.00246. The molecule has 30 heavy (non-hydrogen) atoms. The molecule has 3 rings (SSSR count). The normalized spacial score (nSPS) is 18.6. The Bertz CT molecular complexity index is 871. The van der Waals surface area contributed by atoms with Gasteiger partial charge in [0.05, 0.1) is 5.60 Å². The first-order valence-corrected chi connectivity index (χ1v) is 11.0. The minimum Gasteiger partial charge on any atom is -0.465 e. The molecule has 0 aliphatic carbocycles. The van der Waals surface area contributed by atoms with Crippen molar-refractivity contribution in [3.8, 4) is 11.1 Å². The first-order valence-electron chi connectivity index (χ1n) is 10.6. The highest BCUT2D eigenvalue weighted by Crippen LogP contribution is 2.44. The number of aromatic nitrogens is 1. The number of amides is 1. The molecule has 2 aromatic rings. The van der Waals surface area contributed by atoms with Gasteiger partial charge in [-0.25, -0.2) is 9.78 Å². The number of rotatable bonds is 8. The molecule has 1 aliphatic rings. The Kier molecular flexibility index (Phi) is 7.69. The molecule has 4 N–H and O–H groups in total. The summed E-state index contributed by atoms with van der Waals surface area (Å²) in [5.41, 5.74) is 2.51. The number of nitrogens with zero attached hydrogens (tertiary/aromatic N) is 1. The first kappa shape index (κ1) is 22.5. The second-order valence-electron chi connectivity index (χ2n) is 7.88. The summed E-state index contributed by atoms with van der Waals surface area (Å²) in [6.45, 7) is 4.04. The van der Waals surface area contributed by atoms with Gasteiger partial charge in [-0.1, -0.05) is 42.8 Å². The Balaban J connectivity index is 2.04. The fourth-order valence-corrected chi connectivity index (χ4v) is 4.66. The van der Waals surface area contributed by atoms with Crippen LogP contribution >= 0.6 is 11.6 Å². The van der Waals surface area contributed by atoms with Crippen molar-refractivity contribution >= 4 is 17.7 Å². The standard InChI is InChI=1S/C23H30ClN3O3/c1-2-16-6-3-7-17(14-16)20-19(9-13-26-21(20)24)23(30,10-5-12-27-22(28)29)18-8-4-11-25-15-18/h3,6-7,9,13-14,18,25,27,30H,2,4-5,8,10-12,15H2,1H3,(H,28,29)/t18-,23?/m1/s1. The molecule has 0 saturated carbocycles. The van der Waals surface area contributed by atoms with Gasteiger partial charge in [0, 0.05) is 30.8 Å². The Morgan fingerprint density at radius 3 is 2.93 bits per heavy atom. The van der Waals surface area contributed by atoms with Crippen LogP contribution in [-0.4, -0.2) is 40.9 Å². The number of nitrogens with one attached hydrogen (secondary N) is 2. The van der Waals surface area contributed by atoms with Gasteiger partial charge in [0.2, 0.25) is 0 Å². The van der Waals surface area contributed by atoms with Crippen LogP contribution in [0.25, 0.3) is 11.1 Å². The molecule has 2 atom stereocenters. The lowest BCUT2D eigenvalue weighted by atomic mass is 9.73. The maximum absolute atomic E-state index is 12.1. The lowest BCUT2D eigenvalue weighted by Crippen LogP contribution is -2.45. The van der Waals surface area contributed by atoms with Crippen molar-refractivity contribution in [2.24, 2.45) is 5.92 Å². The van der Waals surface area contributed by atoms with E-state index in [-0.39, 0.29) is 12.5 Å². The fraction of sp³-hybridized carbons (Fsp3) is 0.478. The van der Waals surface area contributed by atoms with Gasteiger partial charge in [-0.3, -0.25) is 0 Å². The highest BCUT2D eigenvalue weighted by molar-refractivity contribution is 6.32. The number of benzene rings is 1. The van der Waals surface area contributed by atoms with E-state index < -0.39 is 11.7 Å². The summed E-state index contributed by atoms with van der Waals surface area (Å²) < 4.78 is 0. The van der Waals surface area contributed by atoms with Crippen LogP contribution in [0.1, 0.15) is 43.7 Å². The Hall–Kier alpha value is -2.15. The number of piperidine rings is 1. The van der Waals surface area contributed by atoms with Gasteiger partial charge in [-0.2, -0.15) is 0 Å². The molecule has 162 valence electrons. The zero-order chi connectivity index (χ0) is 21.6. The van der Waals surface area contributed by atoms with Crippen molar-refractivity contribution in [2.45, 2.75) is 44.6 Å². The molecule has 2 heterocycles. The number of hydrogen-bond donors (Lipinski definition) is 4. The quantitative estimate of drug-likeness (QED) is 0.371. The first-order chi connectivity index (χ1) is 14.5. The highest BCUT2D eigenvalue weighted by Gasteiger charge is 2.40. The monoisotopic (exact) mass is 431 g/mol. The highest BCUT2D eigenvalue weighted by atomic mass is 35.5. The number of aryl methyl sites for hydroxylation is 1. The molecule has 1 aromatic heterocycles. The predicted octanol–water partition coefficient (Wildman–Crippen LogP) is 4.20. The smallest absolute Gasteiger partial charge is 0.404 e. The average Bonchev–Trinajstić information content (AvgIpc) is 2.77. The van der Waals surface area contributed by atoms with Crippen LogP contribution in [-0.2, 0) is 12.0 Å². The molecule has 1 amide bonds. The molecule has 1 saturated heterocycles. The van der Waals surface area contributed by atoms with Gasteiger partial charge >= 0.3 is 6.09 Å². The average molecular weight is 432 g/mol. The van der Waals surface area contributed by atoms with Crippen molar-refractivity contribution in [1.82, 2.24) is 15.6 Å². The number of carboxylic acid groups (broad SMARTS) is 1. The largest absolute Gasteiger partial charge is 0.465 e. The molecule has 0 radical (unpaired) electrons. The topological polar surface area (TPSA) is 94.5 Å². The molecule has 0 bridgehead atoms. The van der Waals surface area contributed by atoms with Crippen LogP contribution in [0.5, 0.6) is 0 Å². The van der Waals surface area contributed by atoms with Crippen molar-refractivity contribution in [3.63, 3.8) is 0 Å². The molecule has 7 heteroatoms. The summed E-state index contributed by atoms with van der Waals surface area (Å²) in [4.78, 5) is 15.1. The number of halogens is 1. The molecular weight excluding hydrogens is 402 g/mol. The number of pyridine rings is 1. The van der Waals surface area contributed by atoms with Crippen LogP contribution in [0.2, 0.25) is 5.15 Å². The van der Waals surface area contributed by atoms with E-state index >= 15 is 0 Å². The van der Waals surface area contributed by atoms with Crippen molar-refractivity contribution in [2.75, 3.05) is 19.6 Å². The summed E-state index contributed by atoms with van der Waals surface area (Å²) in [7, 11) is 0. The zero-order valence-electron chi connectivity index (χ0n) is 17.3. The van der Waals surface area contributed by atoms with Crippen LogP contribution < -0.4 is 10.6 Å². The van der Waals surface area contributed by atoms with E-state index in [4.69, 9.17) is 16.7 Å². The molecule has 0 spiro atoms. The van der Waals surface area contributed by atoms with Crippen molar-refractivity contribution in [1.29, 1.82) is 0 Å². The van der Waals surface area contributed by atoms with E-state index in [1.807, 2.05) is 18.2 Å². The van der Waals surface area contributed by atoms with E-state index in [0.717, 1.165) is 42.5 Å². The molecular formula is C23H30ClN3O3. The van der Waals surface area contributed by atoms with Crippen molar-refractivity contribution < 1.29 is 15.0 Å². The van der Waals surface area contributed by atoms with Gasteiger partial charge in [0.1, 0.15) is 5.15 Å². The van der Waals surface area contributed by atoms with Gasteiger partial charge in [0.15, 0.2) is 0 Å². The van der Waals surface area contributed by atoms with E-state index in [0.29, 0.717) is 24.5 Å². The van der Waals surface area contributed by atoms with Crippen LogP contribution in [0, 0.1) is 5.92 Å². The Morgan fingerprint density at radius 1 is 1.40 bits per heavy atom. The SMILES string of the molecule is CCc1cccc(-c2c(C(O)(CCCNC(=O)O)[C@@H]3CCCNC3)ccnc2Cl)c1. The summed E-state index contributed by atoms with van der Waals surface area (Å²) >= 11 is 6.58. The third-order valence-electron chi connectivity index (χ3n) is 5.98. The number of hydrogen-bond acceptors (Lipinski definition) is 4. The molecule has 1 fully saturated rings. The number of carbonyl (C=O) groups is 1. The molecule has 1 aliphatic heterocycles. The summed E-state index contributed by atoms with van der Waals surface area (Å²) in [5, 5.41) is 27.1. The van der Waals surface area contributed by atoms with Gasteiger partial charge in [-0.15, -0.1) is 0 Å². The van der Waals surface area contributed by atoms with E-state index in [1.165, 1.54) is 5.56 Å². The van der Waals surface area contributed by atoms with Crippen LogP contribution in [0.4, 0.5) is 4.79 Å². The van der Waals surface area contributed by atoms with E-state index in [2.05, 4.69) is 34.7 Å². The summed E-state index contributed by atoms with van der Waals surface area (Å²) in [5.74, 6) is 0.00246. The van der Waals surface area contributed by atoms with Crippen LogP contribution in [0.3, 0.4) is 0 Å². The molecule has 6 nitrogen and oxygen atoms in total. The molecule has 1 unspecified atom stereocenters. The minimum atomic E-state index is -1.14. The second kappa shape index (κ2) is 10.2. The van der Waals surface area contributed by atoms with Gasteiger partial charge < -0.3 is 20.8 Å². The van der Waals surface area contributed by atoms with Gasteiger partial charge in [-0.05, 0) is 61.4 Å². The second-order valence-corrected chi connectivity index (χ2v) is 8.24. The van der Waals surface area contributed by atoms with E-state index in [1.54, 1.807) is 6.20 Å². The fourth-order valence-electron chi connectivity index (χ4n) is 4.39. The predicted molar refractivity (Wildman–Crippen MR) is 119 cm³/mol. The maximum Gasteiger partial charge on any atom is 0.404 e. The Labute approximate surface area is 182 Å². The number of aliphatic hydroxyl groups is 1. The Morgan fingerprint density at radius 2 is 2.23 bits per heavy atom. The van der Waals surface area contributed by atoms with Crippen LogP contribution in [0.15, 0.2) is 36.5 Å². The van der Waals surface area contributed by atoms with E-state index in [9.17, 15) is 9.90 Å². The zero-order valence-corrected chi connectivity index (χ0v) is 18.1. The third kappa shape index (κ3) is 5.12. The maximum atomic E-state index is 12.1. The summed E-state index contributed by atoms with van der Waals surface area (Å²) in [6, 6.07) is 10.0. The lowest BCUT2D eigenvalue weighted by Gasteiger charge is -2.40. The third-order valence-corrected chi connectivity index (χ3v) is 6.26. The van der Waals surface area contributed by atoms with Crippen molar-refractivity contribution in [3.05, 3.63) is 52.8 Å². The lowest BCUT2D eigenvalue weighted by molar-refractivity contribution is -0.0416.